The Morgan fingerprint density at radius 3 is 2.60 bits per heavy atom. The zero-order valence-corrected chi connectivity index (χ0v) is 20.1. The molecule has 1 aromatic heterocycles. The first-order valence-electron chi connectivity index (χ1n) is 11.2. The van der Waals surface area contributed by atoms with Crippen LogP contribution in [-0.2, 0) is 10.0 Å². The molecular weight excluding hydrogens is 501 g/mol. The van der Waals surface area contributed by atoms with Crippen LogP contribution in [-0.4, -0.2) is 42.0 Å². The number of hydrogen-bond donors (Lipinski definition) is 1. The van der Waals surface area contributed by atoms with Crippen molar-refractivity contribution in [3.8, 4) is 5.75 Å². The van der Waals surface area contributed by atoms with Gasteiger partial charge in [0.25, 0.3) is 10.0 Å². The molecule has 2 aliphatic rings. The van der Waals surface area contributed by atoms with Crippen LogP contribution >= 0.6 is 11.5 Å². The second-order valence-corrected chi connectivity index (χ2v) is 11.1. The molecule has 0 unspecified atom stereocenters. The largest absolute Gasteiger partial charge is 0.493 e. The van der Waals surface area contributed by atoms with E-state index >= 15 is 0 Å². The second-order valence-electron chi connectivity index (χ2n) is 8.63. The van der Waals surface area contributed by atoms with Gasteiger partial charge in [-0.3, -0.25) is 9.62 Å². The van der Waals surface area contributed by atoms with Crippen molar-refractivity contribution in [2.24, 2.45) is 5.92 Å². The molecule has 2 aliphatic heterocycles. The Bertz CT molecular complexity index is 1270. The molecule has 3 aromatic rings. The van der Waals surface area contributed by atoms with E-state index in [-0.39, 0.29) is 35.5 Å². The summed E-state index contributed by atoms with van der Waals surface area (Å²) < 4.78 is 78.4. The van der Waals surface area contributed by atoms with Crippen LogP contribution < -0.4 is 9.46 Å². The van der Waals surface area contributed by atoms with Crippen LogP contribution in [0.4, 0.5) is 18.3 Å². The highest BCUT2D eigenvalue weighted by Crippen LogP contribution is 2.48. The maximum Gasteiger partial charge on any atom is 0.391 e. The fraction of sp³-hybridized carbons (Fsp3) is 0.391. The highest BCUT2D eigenvalue weighted by molar-refractivity contribution is 7.93. The summed E-state index contributed by atoms with van der Waals surface area (Å²) in [7, 11) is -3.90. The SMILES string of the molecule is O=S(=O)(Nc1ncns1)c1ccc2c(c1)OCC[C@@H]2N1CC[C@@H](C(F)(F)F)C[C@H]1c1ccccc1. The summed E-state index contributed by atoms with van der Waals surface area (Å²) in [6.45, 7) is 0.623. The van der Waals surface area contributed by atoms with E-state index in [0.717, 1.165) is 22.7 Å². The molecule has 186 valence electrons. The molecule has 5 rings (SSSR count). The molecule has 0 saturated carbocycles. The van der Waals surface area contributed by atoms with E-state index in [0.29, 0.717) is 18.8 Å². The molecule has 0 bridgehead atoms. The summed E-state index contributed by atoms with van der Waals surface area (Å²) in [4.78, 5) is 5.98. The summed E-state index contributed by atoms with van der Waals surface area (Å²) in [6.07, 6.45) is -2.37. The Kier molecular flexibility index (Phi) is 6.45. The number of nitrogens with zero attached hydrogens (tertiary/aromatic N) is 3. The Labute approximate surface area is 205 Å². The van der Waals surface area contributed by atoms with Gasteiger partial charge in [-0.15, -0.1) is 0 Å². The number of ether oxygens (including phenoxy) is 1. The van der Waals surface area contributed by atoms with Crippen LogP contribution in [0.15, 0.2) is 59.8 Å². The van der Waals surface area contributed by atoms with Gasteiger partial charge < -0.3 is 4.74 Å². The quantitative estimate of drug-likeness (QED) is 0.495. The van der Waals surface area contributed by atoms with E-state index in [4.69, 9.17) is 4.74 Å². The van der Waals surface area contributed by atoms with Crippen molar-refractivity contribution in [2.45, 2.75) is 42.4 Å². The molecule has 12 heteroatoms. The van der Waals surface area contributed by atoms with Gasteiger partial charge in [0.1, 0.15) is 12.1 Å². The van der Waals surface area contributed by atoms with Gasteiger partial charge in [-0.2, -0.15) is 17.5 Å². The monoisotopic (exact) mass is 524 g/mol. The lowest BCUT2D eigenvalue weighted by Crippen LogP contribution is -2.44. The number of benzene rings is 2. The number of halogens is 3. The van der Waals surface area contributed by atoms with Crippen molar-refractivity contribution in [3.05, 3.63) is 66.0 Å². The van der Waals surface area contributed by atoms with Crippen molar-refractivity contribution >= 4 is 26.7 Å². The normalized spacial score (nSPS) is 23.3. The molecule has 0 aliphatic carbocycles. The molecule has 2 aromatic carbocycles. The van der Waals surface area contributed by atoms with E-state index < -0.39 is 28.2 Å². The van der Waals surface area contributed by atoms with E-state index in [1.165, 1.54) is 18.5 Å². The number of anilines is 1. The van der Waals surface area contributed by atoms with E-state index in [1.54, 1.807) is 6.07 Å². The third-order valence-electron chi connectivity index (χ3n) is 6.58. The Hall–Kier alpha value is -2.70. The Morgan fingerprint density at radius 1 is 1.09 bits per heavy atom. The maximum absolute atomic E-state index is 13.6. The number of fused-ring (bicyclic) bond motifs is 1. The lowest BCUT2D eigenvalue weighted by Gasteiger charge is -2.46. The summed E-state index contributed by atoms with van der Waals surface area (Å²) in [5.41, 5.74) is 1.62. The van der Waals surface area contributed by atoms with E-state index in [1.807, 2.05) is 30.3 Å². The van der Waals surface area contributed by atoms with Crippen molar-refractivity contribution in [3.63, 3.8) is 0 Å². The molecule has 3 atom stereocenters. The van der Waals surface area contributed by atoms with E-state index in [9.17, 15) is 21.6 Å². The number of rotatable bonds is 5. The van der Waals surface area contributed by atoms with E-state index in [2.05, 4.69) is 19.0 Å². The zero-order valence-electron chi connectivity index (χ0n) is 18.5. The average molecular weight is 525 g/mol. The van der Waals surface area contributed by atoms with Gasteiger partial charge in [-0.05, 0) is 31.0 Å². The number of sulfonamides is 1. The first-order valence-corrected chi connectivity index (χ1v) is 13.4. The summed E-state index contributed by atoms with van der Waals surface area (Å²) >= 11 is 0.923. The minimum Gasteiger partial charge on any atom is -0.493 e. The summed E-state index contributed by atoms with van der Waals surface area (Å²) in [5.74, 6) is -0.937. The fourth-order valence-electron chi connectivity index (χ4n) is 4.91. The highest BCUT2D eigenvalue weighted by Gasteiger charge is 2.46. The standard InChI is InChI=1S/C23H23F3N4O3S2/c24-23(25,26)16-8-10-30(20(12-16)15-4-2-1-3-5-15)19-9-11-33-21-13-17(6-7-18(19)21)35(31,32)29-22-27-14-28-34-22/h1-7,13-14,16,19-20H,8-12H2,(H,27,28,29)/t16-,19+,20+/m1/s1. The predicted molar refractivity (Wildman–Crippen MR) is 125 cm³/mol. The Morgan fingerprint density at radius 2 is 1.89 bits per heavy atom. The van der Waals surface area contributed by atoms with Crippen molar-refractivity contribution < 1.29 is 26.3 Å². The second kappa shape index (κ2) is 9.40. The maximum atomic E-state index is 13.6. The van der Waals surface area contributed by atoms with Crippen molar-refractivity contribution in [1.82, 2.24) is 14.3 Å². The zero-order chi connectivity index (χ0) is 24.6. The van der Waals surface area contributed by atoms with Crippen LogP contribution in [0.25, 0.3) is 0 Å². The van der Waals surface area contributed by atoms with Gasteiger partial charge >= 0.3 is 6.18 Å². The smallest absolute Gasteiger partial charge is 0.391 e. The van der Waals surface area contributed by atoms with Crippen LogP contribution in [0.1, 0.15) is 42.5 Å². The lowest BCUT2D eigenvalue weighted by molar-refractivity contribution is -0.192. The average Bonchev–Trinajstić information content (AvgIpc) is 3.35. The topological polar surface area (TPSA) is 84.4 Å². The number of aromatic nitrogens is 2. The Balaban J connectivity index is 1.46. The number of piperidine rings is 1. The molecule has 0 amide bonds. The molecule has 35 heavy (non-hydrogen) atoms. The third kappa shape index (κ3) is 5.00. The predicted octanol–water partition coefficient (Wildman–Crippen LogP) is 5.18. The van der Waals surface area contributed by atoms with Crippen molar-refractivity contribution in [1.29, 1.82) is 0 Å². The summed E-state index contributed by atoms with van der Waals surface area (Å²) in [5, 5.41) is 0.153. The molecule has 0 radical (unpaired) electrons. The summed E-state index contributed by atoms with van der Waals surface area (Å²) in [6, 6.07) is 13.3. The van der Waals surface area contributed by atoms with Gasteiger partial charge in [0.05, 0.1) is 17.4 Å². The molecule has 1 saturated heterocycles. The van der Waals surface area contributed by atoms with Crippen LogP contribution in [0.3, 0.4) is 0 Å². The fourth-order valence-corrected chi connectivity index (χ4v) is 6.59. The molecular formula is C23H23F3N4O3S2. The molecule has 1 fully saturated rings. The van der Waals surface area contributed by atoms with Gasteiger partial charge in [-0.1, -0.05) is 36.4 Å². The van der Waals surface area contributed by atoms with Crippen molar-refractivity contribution in [2.75, 3.05) is 17.9 Å². The van der Waals surface area contributed by atoms with Gasteiger partial charge in [0.2, 0.25) is 5.13 Å². The molecule has 7 nitrogen and oxygen atoms in total. The van der Waals surface area contributed by atoms with Gasteiger partial charge in [-0.25, -0.2) is 13.4 Å². The van der Waals surface area contributed by atoms with Crippen LogP contribution in [0.2, 0.25) is 0 Å². The number of hydrogen-bond acceptors (Lipinski definition) is 7. The highest BCUT2D eigenvalue weighted by atomic mass is 32.2. The third-order valence-corrected chi connectivity index (χ3v) is 8.62. The molecule has 1 N–H and O–H groups in total. The number of nitrogens with one attached hydrogen (secondary N) is 1. The minimum atomic E-state index is -4.24. The number of likely N-dealkylation sites (tertiary alicyclic amines) is 1. The lowest BCUT2D eigenvalue weighted by atomic mass is 9.84. The first-order chi connectivity index (χ1) is 16.7. The molecule has 3 heterocycles. The van der Waals surface area contributed by atoms with Gasteiger partial charge in [0.15, 0.2) is 0 Å². The van der Waals surface area contributed by atoms with Crippen LogP contribution in [0.5, 0.6) is 5.75 Å². The van der Waals surface area contributed by atoms with Crippen LogP contribution in [0, 0.1) is 5.92 Å². The molecule has 0 spiro atoms. The first kappa shape index (κ1) is 24.0. The van der Waals surface area contributed by atoms with Gasteiger partial charge in [0, 0.05) is 41.7 Å². The number of alkyl halides is 3. The minimum absolute atomic E-state index is 0.0154.